The Kier molecular flexibility index (Phi) is 4.35. The van der Waals surface area contributed by atoms with Gasteiger partial charge in [0.15, 0.2) is 5.69 Å². The number of hydrogen-bond donors (Lipinski definition) is 1. The Hall–Kier alpha value is -2.39. The maximum absolute atomic E-state index is 9.10. The number of rotatable bonds is 4. The molecule has 0 amide bonds. The van der Waals surface area contributed by atoms with Gasteiger partial charge in [0.25, 0.3) is 0 Å². The molecule has 3 heterocycles. The van der Waals surface area contributed by atoms with Crippen molar-refractivity contribution in [2.75, 3.05) is 18.5 Å². The maximum Gasteiger partial charge on any atom is 0.163 e. The number of anilines is 1. The van der Waals surface area contributed by atoms with Gasteiger partial charge in [-0.3, -0.25) is 0 Å². The van der Waals surface area contributed by atoms with E-state index in [1.54, 1.807) is 12.4 Å². The van der Waals surface area contributed by atoms with Crippen LogP contribution in [0.1, 0.15) is 30.5 Å². The lowest BCUT2D eigenvalue weighted by Gasteiger charge is -2.31. The Labute approximate surface area is 129 Å². The van der Waals surface area contributed by atoms with Crippen molar-refractivity contribution < 1.29 is 4.74 Å². The van der Waals surface area contributed by atoms with Crippen LogP contribution >= 0.6 is 0 Å². The van der Waals surface area contributed by atoms with E-state index in [1.807, 2.05) is 29.9 Å². The summed E-state index contributed by atoms with van der Waals surface area (Å²) in [5.74, 6) is 1.28. The van der Waals surface area contributed by atoms with Gasteiger partial charge in [0, 0.05) is 44.7 Å². The van der Waals surface area contributed by atoms with Crippen LogP contribution in [-0.2, 0) is 11.8 Å². The van der Waals surface area contributed by atoms with Crippen molar-refractivity contribution in [2.45, 2.75) is 18.9 Å². The van der Waals surface area contributed by atoms with Gasteiger partial charge >= 0.3 is 0 Å². The van der Waals surface area contributed by atoms with Crippen molar-refractivity contribution >= 4 is 5.69 Å². The topological polar surface area (TPSA) is 75.8 Å². The number of nitriles is 1. The van der Waals surface area contributed by atoms with Crippen LogP contribution in [0.3, 0.4) is 0 Å². The molecule has 1 N–H and O–H groups in total. The molecule has 0 aliphatic carbocycles. The highest BCUT2D eigenvalue weighted by Gasteiger charge is 2.30. The molecular weight excluding hydrogens is 278 g/mol. The number of pyridine rings is 1. The van der Waals surface area contributed by atoms with Crippen molar-refractivity contribution in [1.29, 1.82) is 5.26 Å². The minimum Gasteiger partial charge on any atom is -0.382 e. The van der Waals surface area contributed by atoms with Crippen LogP contribution in [0.2, 0.25) is 0 Å². The molecule has 1 saturated heterocycles. The van der Waals surface area contributed by atoms with Gasteiger partial charge in [0.05, 0.1) is 5.69 Å². The SMILES string of the molecule is Cn1ccnc1[C@@H]1OCCC[C@H]1CNc1cccnc1C#N. The molecule has 2 atom stereocenters. The van der Waals surface area contributed by atoms with Gasteiger partial charge in [-0.1, -0.05) is 0 Å². The molecule has 0 saturated carbocycles. The summed E-state index contributed by atoms with van der Waals surface area (Å²) in [5.41, 5.74) is 1.20. The average molecular weight is 297 g/mol. The molecule has 2 aromatic rings. The first-order chi connectivity index (χ1) is 10.8. The number of imidazole rings is 1. The number of aryl methyl sites for hydroxylation is 1. The first-order valence-electron chi connectivity index (χ1n) is 7.47. The van der Waals surface area contributed by atoms with Crippen LogP contribution in [0.4, 0.5) is 5.69 Å². The molecule has 1 fully saturated rings. The monoisotopic (exact) mass is 297 g/mol. The van der Waals surface area contributed by atoms with Crippen LogP contribution in [0, 0.1) is 17.2 Å². The average Bonchev–Trinajstić information content (AvgIpc) is 2.99. The minimum atomic E-state index is -0.0107. The summed E-state index contributed by atoms with van der Waals surface area (Å²) in [5, 5.41) is 12.4. The van der Waals surface area contributed by atoms with Gasteiger partial charge in [-0.2, -0.15) is 5.26 Å². The zero-order chi connectivity index (χ0) is 15.4. The normalized spacial score (nSPS) is 21.3. The zero-order valence-corrected chi connectivity index (χ0v) is 12.6. The Morgan fingerprint density at radius 1 is 1.45 bits per heavy atom. The number of ether oxygens (including phenoxy) is 1. The highest BCUT2D eigenvalue weighted by atomic mass is 16.5. The molecule has 1 aliphatic rings. The third-order valence-corrected chi connectivity index (χ3v) is 4.03. The van der Waals surface area contributed by atoms with E-state index in [9.17, 15) is 0 Å². The number of nitrogens with one attached hydrogen (secondary N) is 1. The minimum absolute atomic E-state index is 0.0107. The fourth-order valence-electron chi connectivity index (χ4n) is 2.87. The molecule has 0 aromatic carbocycles. The molecule has 6 nitrogen and oxygen atoms in total. The highest BCUT2D eigenvalue weighted by Crippen LogP contribution is 2.32. The van der Waals surface area contributed by atoms with Crippen molar-refractivity contribution in [1.82, 2.24) is 14.5 Å². The third kappa shape index (κ3) is 2.95. The van der Waals surface area contributed by atoms with E-state index in [0.717, 1.165) is 37.5 Å². The van der Waals surface area contributed by atoms with Crippen LogP contribution < -0.4 is 5.32 Å². The van der Waals surface area contributed by atoms with Crippen molar-refractivity contribution in [3.05, 3.63) is 42.2 Å². The van der Waals surface area contributed by atoms with E-state index < -0.39 is 0 Å². The van der Waals surface area contributed by atoms with E-state index in [-0.39, 0.29) is 6.10 Å². The molecule has 1 aliphatic heterocycles. The second-order valence-corrected chi connectivity index (χ2v) is 5.48. The zero-order valence-electron chi connectivity index (χ0n) is 12.6. The molecule has 2 aromatic heterocycles. The Balaban J connectivity index is 1.73. The molecule has 6 heteroatoms. The quantitative estimate of drug-likeness (QED) is 0.937. The van der Waals surface area contributed by atoms with Crippen molar-refractivity contribution in [3.63, 3.8) is 0 Å². The molecule has 3 rings (SSSR count). The standard InChI is InChI=1S/C16H19N5O/c1-21-8-7-19-16(21)15-12(4-3-9-22-15)11-20-13-5-2-6-18-14(13)10-17/h2,5-8,12,15,20H,3-4,9,11H2,1H3/t12-,15+/m0/s1. The van der Waals surface area contributed by atoms with E-state index in [1.165, 1.54) is 0 Å². The van der Waals surface area contributed by atoms with E-state index >= 15 is 0 Å². The second-order valence-electron chi connectivity index (χ2n) is 5.48. The van der Waals surface area contributed by atoms with Crippen LogP contribution in [0.25, 0.3) is 0 Å². The first kappa shape index (κ1) is 14.5. The largest absolute Gasteiger partial charge is 0.382 e. The molecule has 22 heavy (non-hydrogen) atoms. The lowest BCUT2D eigenvalue weighted by Crippen LogP contribution is -2.30. The Morgan fingerprint density at radius 3 is 3.14 bits per heavy atom. The smallest absolute Gasteiger partial charge is 0.163 e. The molecule has 0 bridgehead atoms. The van der Waals surface area contributed by atoms with Crippen molar-refractivity contribution in [3.8, 4) is 6.07 Å². The fourth-order valence-corrected chi connectivity index (χ4v) is 2.87. The Bertz CT molecular complexity index is 675. The summed E-state index contributed by atoms with van der Waals surface area (Å²) >= 11 is 0. The van der Waals surface area contributed by atoms with Gasteiger partial charge in [-0.15, -0.1) is 0 Å². The first-order valence-corrected chi connectivity index (χ1v) is 7.47. The number of hydrogen-bond acceptors (Lipinski definition) is 5. The summed E-state index contributed by atoms with van der Waals surface area (Å²) < 4.78 is 7.96. The number of nitrogens with zero attached hydrogens (tertiary/aromatic N) is 4. The van der Waals surface area contributed by atoms with Gasteiger partial charge in [0.1, 0.15) is 18.0 Å². The van der Waals surface area contributed by atoms with Gasteiger partial charge in [-0.05, 0) is 25.0 Å². The molecule has 114 valence electrons. The second kappa shape index (κ2) is 6.58. The predicted octanol–water partition coefficient (Wildman–Crippen LogP) is 2.27. The van der Waals surface area contributed by atoms with Crippen LogP contribution in [0.15, 0.2) is 30.7 Å². The van der Waals surface area contributed by atoms with Gasteiger partial charge in [-0.25, -0.2) is 9.97 Å². The summed E-state index contributed by atoms with van der Waals surface area (Å²) in [7, 11) is 1.99. The van der Waals surface area contributed by atoms with Crippen LogP contribution in [0.5, 0.6) is 0 Å². The van der Waals surface area contributed by atoms with E-state index in [0.29, 0.717) is 11.6 Å². The van der Waals surface area contributed by atoms with Crippen LogP contribution in [-0.4, -0.2) is 27.7 Å². The van der Waals surface area contributed by atoms with E-state index in [2.05, 4.69) is 21.4 Å². The molecule has 0 unspecified atom stereocenters. The van der Waals surface area contributed by atoms with Crippen molar-refractivity contribution in [2.24, 2.45) is 13.0 Å². The lowest BCUT2D eigenvalue weighted by atomic mass is 9.93. The molecule has 0 spiro atoms. The molecule has 0 radical (unpaired) electrons. The number of aromatic nitrogens is 3. The summed E-state index contributed by atoms with van der Waals surface area (Å²) in [6.07, 6.45) is 7.48. The summed E-state index contributed by atoms with van der Waals surface area (Å²) in [6.45, 7) is 1.50. The molecular formula is C16H19N5O. The lowest BCUT2D eigenvalue weighted by molar-refractivity contribution is -0.0304. The summed E-state index contributed by atoms with van der Waals surface area (Å²) in [4.78, 5) is 8.50. The van der Waals surface area contributed by atoms with Gasteiger partial charge in [0.2, 0.25) is 0 Å². The highest BCUT2D eigenvalue weighted by molar-refractivity contribution is 5.53. The third-order valence-electron chi connectivity index (χ3n) is 4.03. The van der Waals surface area contributed by atoms with Gasteiger partial charge < -0.3 is 14.6 Å². The Morgan fingerprint density at radius 2 is 2.36 bits per heavy atom. The van der Waals surface area contributed by atoms with E-state index in [4.69, 9.17) is 10.00 Å². The maximum atomic E-state index is 9.10. The fraction of sp³-hybridized carbons (Fsp3) is 0.438. The summed E-state index contributed by atoms with van der Waals surface area (Å²) in [6, 6.07) is 5.82. The predicted molar refractivity (Wildman–Crippen MR) is 82.1 cm³/mol.